The number of halogens is 1. The normalized spacial score (nSPS) is 10.5. The summed E-state index contributed by atoms with van der Waals surface area (Å²) in [6, 6.07) is 10.2. The van der Waals surface area contributed by atoms with Crippen molar-refractivity contribution in [3.8, 4) is 5.75 Å². The second-order valence-corrected chi connectivity index (χ2v) is 4.30. The van der Waals surface area contributed by atoms with E-state index in [0.717, 1.165) is 6.20 Å². The van der Waals surface area contributed by atoms with Gasteiger partial charge in [-0.25, -0.2) is 14.4 Å². The first-order chi connectivity index (χ1) is 10.1. The number of phenols is 1. The molecule has 6 nitrogen and oxygen atoms in total. The lowest BCUT2D eigenvalue weighted by Gasteiger charge is -2.24. The summed E-state index contributed by atoms with van der Waals surface area (Å²) >= 11 is 0. The first-order valence-electron chi connectivity index (χ1n) is 6.15. The number of rotatable bonds is 3. The molecule has 3 rings (SSSR count). The van der Waals surface area contributed by atoms with Crippen LogP contribution in [-0.2, 0) is 0 Å². The number of nitrogens with zero attached hydrogens (tertiary/aromatic N) is 4. The molecule has 0 aliphatic carbocycles. The summed E-state index contributed by atoms with van der Waals surface area (Å²) < 4.78 is 15.0. The quantitative estimate of drug-likeness (QED) is 0.772. The first kappa shape index (κ1) is 12.9. The Morgan fingerprint density at radius 1 is 1.19 bits per heavy atom. The van der Waals surface area contributed by atoms with Gasteiger partial charge in [-0.05, 0) is 24.3 Å². The fourth-order valence-corrected chi connectivity index (χ4v) is 1.91. The predicted molar refractivity (Wildman–Crippen MR) is 76.5 cm³/mol. The number of aromatic nitrogens is 3. The molecule has 0 unspecified atom stereocenters. The zero-order valence-electron chi connectivity index (χ0n) is 10.9. The molecule has 2 aromatic heterocycles. The molecule has 2 heterocycles. The van der Waals surface area contributed by atoms with Crippen molar-refractivity contribution < 1.29 is 9.50 Å². The zero-order chi connectivity index (χ0) is 14.8. The highest BCUT2D eigenvalue weighted by atomic mass is 19.1. The second kappa shape index (κ2) is 5.12. The largest absolute Gasteiger partial charge is 0.508 e. The summed E-state index contributed by atoms with van der Waals surface area (Å²) in [5, 5.41) is 11.2. The van der Waals surface area contributed by atoms with Gasteiger partial charge >= 0.3 is 0 Å². The number of phenolic OH excluding ortho intramolecular Hbond substituents is 1. The van der Waals surface area contributed by atoms with E-state index < -0.39 is 5.82 Å². The van der Waals surface area contributed by atoms with Crippen molar-refractivity contribution in [3.05, 3.63) is 60.8 Å². The topological polar surface area (TPSA) is 80.2 Å². The van der Waals surface area contributed by atoms with Gasteiger partial charge in [0.2, 0.25) is 0 Å². The molecule has 0 atom stereocenters. The molecular formula is C14H12FN5O. The van der Waals surface area contributed by atoms with Crippen molar-refractivity contribution in [2.45, 2.75) is 0 Å². The predicted octanol–water partition coefficient (Wildman–Crippen LogP) is 2.31. The van der Waals surface area contributed by atoms with E-state index in [2.05, 4.69) is 9.97 Å². The van der Waals surface area contributed by atoms with E-state index in [-0.39, 0.29) is 17.5 Å². The van der Waals surface area contributed by atoms with Gasteiger partial charge in [-0.2, -0.15) is 4.98 Å². The minimum atomic E-state index is -0.679. The third-order valence-corrected chi connectivity index (χ3v) is 2.84. The zero-order valence-corrected chi connectivity index (χ0v) is 10.9. The average molecular weight is 285 g/mol. The Labute approximate surface area is 119 Å². The lowest BCUT2D eigenvalue weighted by atomic mass is 10.3. The van der Waals surface area contributed by atoms with Gasteiger partial charge in [-0.1, -0.05) is 6.07 Å². The highest BCUT2D eigenvalue weighted by Gasteiger charge is 2.16. The molecule has 3 aromatic rings. The summed E-state index contributed by atoms with van der Waals surface area (Å²) in [7, 11) is 0. The Morgan fingerprint density at radius 3 is 2.62 bits per heavy atom. The Kier molecular flexibility index (Phi) is 3.15. The Hall–Kier alpha value is -3.09. The lowest BCUT2D eigenvalue weighted by Crippen LogP contribution is -2.25. The van der Waals surface area contributed by atoms with Crippen LogP contribution in [0.4, 0.5) is 21.8 Å². The molecule has 0 aliphatic heterocycles. The van der Waals surface area contributed by atoms with Crippen LogP contribution in [0.15, 0.2) is 55.0 Å². The maximum absolute atomic E-state index is 13.3. The third kappa shape index (κ3) is 2.48. The van der Waals surface area contributed by atoms with Gasteiger partial charge in [0.05, 0.1) is 11.9 Å². The fourth-order valence-electron chi connectivity index (χ4n) is 1.91. The van der Waals surface area contributed by atoms with Crippen molar-refractivity contribution in [2.24, 2.45) is 0 Å². The maximum atomic E-state index is 13.3. The molecule has 0 bridgehead atoms. The van der Waals surface area contributed by atoms with Crippen molar-refractivity contribution in [3.63, 3.8) is 0 Å². The summed E-state index contributed by atoms with van der Waals surface area (Å²) in [6.07, 6.45) is 4.55. The minimum absolute atomic E-state index is 0.0970. The van der Waals surface area contributed by atoms with E-state index in [4.69, 9.17) is 5.73 Å². The minimum Gasteiger partial charge on any atom is -0.508 e. The monoisotopic (exact) mass is 285 g/mol. The van der Waals surface area contributed by atoms with Crippen LogP contribution in [0.25, 0.3) is 0 Å². The maximum Gasteiger partial charge on any atom is 0.251 e. The summed E-state index contributed by atoms with van der Waals surface area (Å²) in [5.41, 5.74) is 6.12. The standard InChI is InChI=1S/C14H12FN5O/c15-12-9-17-14(18-13(12)16)20(19-6-1-2-7-19)10-4-3-5-11(21)8-10/h1-9,21H,(H2,16,17,18). The van der Waals surface area contributed by atoms with Crippen LogP contribution in [0.2, 0.25) is 0 Å². The Morgan fingerprint density at radius 2 is 1.95 bits per heavy atom. The van der Waals surface area contributed by atoms with Gasteiger partial charge in [0.25, 0.3) is 5.95 Å². The van der Waals surface area contributed by atoms with Gasteiger partial charge in [0, 0.05) is 18.5 Å². The molecule has 21 heavy (non-hydrogen) atoms. The molecule has 3 N–H and O–H groups in total. The van der Waals surface area contributed by atoms with Crippen molar-refractivity contribution in [1.82, 2.24) is 14.6 Å². The molecule has 0 saturated heterocycles. The van der Waals surface area contributed by atoms with E-state index in [1.165, 1.54) is 0 Å². The van der Waals surface area contributed by atoms with Crippen molar-refractivity contribution >= 4 is 17.5 Å². The van der Waals surface area contributed by atoms with E-state index in [9.17, 15) is 9.50 Å². The number of nitrogen functional groups attached to an aromatic ring is 1. The van der Waals surface area contributed by atoms with Crippen LogP contribution < -0.4 is 10.7 Å². The summed E-state index contributed by atoms with van der Waals surface area (Å²) in [6.45, 7) is 0. The number of benzene rings is 1. The Balaban J connectivity index is 2.15. The Bertz CT molecular complexity index is 760. The van der Waals surface area contributed by atoms with Gasteiger partial charge in [-0.3, -0.25) is 4.68 Å². The SMILES string of the molecule is Nc1nc(N(c2cccc(O)c2)n2cccc2)ncc1F. The molecule has 0 aliphatic rings. The van der Waals surface area contributed by atoms with Crippen LogP contribution in [0.3, 0.4) is 0 Å². The van der Waals surface area contributed by atoms with E-state index in [0.29, 0.717) is 5.69 Å². The van der Waals surface area contributed by atoms with Crippen molar-refractivity contribution in [1.29, 1.82) is 0 Å². The van der Waals surface area contributed by atoms with Gasteiger partial charge in [0.1, 0.15) is 5.75 Å². The van der Waals surface area contributed by atoms with Crippen LogP contribution >= 0.6 is 0 Å². The molecule has 1 aromatic carbocycles. The van der Waals surface area contributed by atoms with Crippen LogP contribution in [0, 0.1) is 5.82 Å². The summed E-state index contributed by atoms with van der Waals surface area (Å²) in [5.74, 6) is -0.630. The molecular weight excluding hydrogens is 273 g/mol. The van der Waals surface area contributed by atoms with Gasteiger partial charge < -0.3 is 10.8 Å². The van der Waals surface area contributed by atoms with Crippen LogP contribution in [0.5, 0.6) is 5.75 Å². The smallest absolute Gasteiger partial charge is 0.251 e. The lowest BCUT2D eigenvalue weighted by molar-refractivity contribution is 0.475. The molecule has 106 valence electrons. The molecule has 0 fully saturated rings. The number of nitrogens with two attached hydrogens (primary N) is 1. The average Bonchev–Trinajstić information content (AvgIpc) is 2.97. The number of hydrogen-bond acceptors (Lipinski definition) is 5. The third-order valence-electron chi connectivity index (χ3n) is 2.84. The second-order valence-electron chi connectivity index (χ2n) is 4.30. The number of hydrogen-bond donors (Lipinski definition) is 2. The number of anilines is 3. The highest BCUT2D eigenvalue weighted by molar-refractivity contribution is 5.59. The first-order valence-corrected chi connectivity index (χ1v) is 6.15. The highest BCUT2D eigenvalue weighted by Crippen LogP contribution is 2.26. The molecule has 0 amide bonds. The van der Waals surface area contributed by atoms with Gasteiger partial charge in [-0.15, -0.1) is 0 Å². The summed E-state index contributed by atoms with van der Waals surface area (Å²) in [4.78, 5) is 7.91. The molecule has 0 saturated carbocycles. The van der Waals surface area contributed by atoms with Gasteiger partial charge in [0.15, 0.2) is 11.6 Å². The number of aromatic hydroxyl groups is 1. The van der Waals surface area contributed by atoms with Crippen molar-refractivity contribution in [2.75, 3.05) is 10.7 Å². The van der Waals surface area contributed by atoms with E-state index in [1.807, 2.05) is 12.1 Å². The fraction of sp³-hybridized carbons (Fsp3) is 0. The molecule has 7 heteroatoms. The molecule has 0 spiro atoms. The molecule has 0 radical (unpaired) electrons. The van der Waals surface area contributed by atoms with Crippen LogP contribution in [-0.4, -0.2) is 19.8 Å². The van der Waals surface area contributed by atoms with Crippen LogP contribution in [0.1, 0.15) is 0 Å². The van der Waals surface area contributed by atoms with E-state index in [1.54, 1.807) is 46.3 Å². The van der Waals surface area contributed by atoms with E-state index >= 15 is 0 Å².